The molecule has 0 aliphatic carbocycles. The summed E-state index contributed by atoms with van der Waals surface area (Å²) in [5.41, 5.74) is 0.979. The van der Waals surface area contributed by atoms with Crippen LogP contribution in [0.4, 0.5) is 0 Å². The van der Waals surface area contributed by atoms with E-state index < -0.39 is 6.04 Å². The number of morpholine rings is 1. The molecule has 8 nitrogen and oxygen atoms in total. The maximum atomic E-state index is 13.0. The molecular formula is C20H23N3O5. The molecule has 0 N–H and O–H groups in total. The first-order chi connectivity index (χ1) is 13.7. The van der Waals surface area contributed by atoms with Crippen LogP contribution in [0.3, 0.4) is 0 Å². The summed E-state index contributed by atoms with van der Waals surface area (Å²) < 4.78 is 15.9. The van der Waals surface area contributed by atoms with Gasteiger partial charge >= 0.3 is 0 Å². The zero-order valence-corrected chi connectivity index (χ0v) is 15.8. The van der Waals surface area contributed by atoms with Gasteiger partial charge in [-0.1, -0.05) is 17.3 Å². The van der Waals surface area contributed by atoms with Gasteiger partial charge in [0.25, 0.3) is 5.91 Å². The second-order valence-electron chi connectivity index (χ2n) is 6.90. The molecule has 0 radical (unpaired) electrons. The van der Waals surface area contributed by atoms with Gasteiger partial charge in [-0.05, 0) is 25.0 Å². The van der Waals surface area contributed by atoms with Crippen LogP contribution in [-0.4, -0.2) is 72.8 Å². The normalized spacial score (nSPS) is 19.7. The minimum Gasteiger partial charge on any atom is -0.497 e. The van der Waals surface area contributed by atoms with Crippen molar-refractivity contribution in [1.82, 2.24) is 15.0 Å². The smallest absolute Gasteiger partial charge is 0.276 e. The summed E-state index contributed by atoms with van der Waals surface area (Å²) in [6.45, 7) is 2.77. The number of nitrogens with zero attached hydrogens (tertiary/aromatic N) is 3. The van der Waals surface area contributed by atoms with Gasteiger partial charge in [0.15, 0.2) is 11.5 Å². The lowest BCUT2D eigenvalue weighted by Crippen LogP contribution is -2.51. The first-order valence-electron chi connectivity index (χ1n) is 9.46. The van der Waals surface area contributed by atoms with Crippen molar-refractivity contribution in [2.45, 2.75) is 18.9 Å². The summed E-state index contributed by atoms with van der Waals surface area (Å²) in [5, 5.41) is 3.95. The number of hydrogen-bond donors (Lipinski definition) is 0. The molecule has 2 amide bonds. The van der Waals surface area contributed by atoms with Crippen molar-refractivity contribution in [3.63, 3.8) is 0 Å². The van der Waals surface area contributed by atoms with E-state index in [1.807, 2.05) is 24.3 Å². The van der Waals surface area contributed by atoms with Gasteiger partial charge in [0.2, 0.25) is 5.91 Å². The fraction of sp³-hybridized carbons (Fsp3) is 0.450. The lowest BCUT2D eigenvalue weighted by Gasteiger charge is -2.32. The van der Waals surface area contributed by atoms with Crippen LogP contribution in [0, 0.1) is 0 Å². The number of ether oxygens (including phenoxy) is 2. The van der Waals surface area contributed by atoms with E-state index in [4.69, 9.17) is 14.0 Å². The molecule has 0 unspecified atom stereocenters. The van der Waals surface area contributed by atoms with Gasteiger partial charge in [-0.25, -0.2) is 0 Å². The largest absolute Gasteiger partial charge is 0.497 e. The standard InChI is InChI=1S/C20H23N3O5/c1-26-15-5-2-4-14(12-15)18-13-16(21-28-18)19(24)23-7-3-6-17(23)20(25)22-8-10-27-11-9-22/h2,4-5,12-13,17H,3,6-11H2,1H3/t17-/m0/s1. The third kappa shape index (κ3) is 3.60. The van der Waals surface area contributed by atoms with E-state index in [0.29, 0.717) is 50.8 Å². The summed E-state index contributed by atoms with van der Waals surface area (Å²) in [5.74, 6) is 0.891. The van der Waals surface area contributed by atoms with Gasteiger partial charge < -0.3 is 23.8 Å². The molecule has 148 valence electrons. The second kappa shape index (κ2) is 8.02. The number of carbonyl (C=O) groups excluding carboxylic acids is 2. The molecule has 2 fully saturated rings. The topological polar surface area (TPSA) is 85.1 Å². The van der Waals surface area contributed by atoms with Gasteiger partial charge in [-0.2, -0.15) is 0 Å². The van der Waals surface area contributed by atoms with E-state index in [2.05, 4.69) is 5.16 Å². The van der Waals surface area contributed by atoms with Crippen molar-refractivity contribution < 1.29 is 23.6 Å². The maximum Gasteiger partial charge on any atom is 0.276 e. The van der Waals surface area contributed by atoms with E-state index >= 15 is 0 Å². The summed E-state index contributed by atoms with van der Waals surface area (Å²) in [7, 11) is 1.59. The average molecular weight is 385 g/mol. The number of carbonyl (C=O) groups is 2. The van der Waals surface area contributed by atoms with Crippen molar-refractivity contribution >= 4 is 11.8 Å². The highest BCUT2D eigenvalue weighted by molar-refractivity contribution is 5.97. The molecule has 4 rings (SSSR count). The summed E-state index contributed by atoms with van der Waals surface area (Å²) >= 11 is 0. The Morgan fingerprint density at radius 1 is 1.18 bits per heavy atom. The second-order valence-corrected chi connectivity index (χ2v) is 6.90. The summed E-state index contributed by atoms with van der Waals surface area (Å²) in [6, 6.07) is 8.52. The molecule has 2 aromatic rings. The van der Waals surface area contributed by atoms with Crippen LogP contribution in [0.15, 0.2) is 34.9 Å². The Kier molecular flexibility index (Phi) is 5.29. The average Bonchev–Trinajstić information content (AvgIpc) is 3.43. The van der Waals surface area contributed by atoms with Crippen molar-refractivity contribution in [1.29, 1.82) is 0 Å². The fourth-order valence-electron chi connectivity index (χ4n) is 3.70. The van der Waals surface area contributed by atoms with Gasteiger partial charge in [-0.15, -0.1) is 0 Å². The lowest BCUT2D eigenvalue weighted by molar-refractivity contribution is -0.139. The molecule has 1 aromatic carbocycles. The number of aromatic nitrogens is 1. The number of methoxy groups -OCH3 is 1. The van der Waals surface area contributed by atoms with Gasteiger partial charge in [0.1, 0.15) is 11.8 Å². The van der Waals surface area contributed by atoms with Crippen LogP contribution in [0.2, 0.25) is 0 Å². The molecule has 3 heterocycles. The first kappa shape index (κ1) is 18.5. The minimum atomic E-state index is -0.442. The fourth-order valence-corrected chi connectivity index (χ4v) is 3.70. The molecule has 1 atom stereocenters. The predicted molar refractivity (Wildman–Crippen MR) is 99.9 cm³/mol. The highest BCUT2D eigenvalue weighted by Gasteiger charge is 2.38. The monoisotopic (exact) mass is 385 g/mol. The molecule has 2 saturated heterocycles. The highest BCUT2D eigenvalue weighted by atomic mass is 16.5. The van der Waals surface area contributed by atoms with E-state index in [1.165, 1.54) is 0 Å². The molecule has 0 bridgehead atoms. The van der Waals surface area contributed by atoms with Crippen LogP contribution in [0.1, 0.15) is 23.3 Å². The van der Waals surface area contributed by atoms with Gasteiger partial charge in [0, 0.05) is 31.3 Å². The SMILES string of the molecule is COc1cccc(-c2cc(C(=O)N3CCC[C@H]3C(=O)N3CCOCC3)no2)c1. The van der Waals surface area contributed by atoms with E-state index in [9.17, 15) is 9.59 Å². The molecule has 2 aliphatic rings. The van der Waals surface area contributed by atoms with Gasteiger partial charge in [0.05, 0.1) is 20.3 Å². The third-order valence-electron chi connectivity index (χ3n) is 5.21. The van der Waals surface area contributed by atoms with Crippen LogP contribution in [0.5, 0.6) is 5.75 Å². The Hall–Kier alpha value is -2.87. The number of likely N-dealkylation sites (tertiary alicyclic amines) is 1. The summed E-state index contributed by atoms with van der Waals surface area (Å²) in [6.07, 6.45) is 1.47. The maximum absolute atomic E-state index is 13.0. The van der Waals surface area contributed by atoms with E-state index in [1.54, 1.807) is 23.0 Å². The number of amides is 2. The van der Waals surface area contributed by atoms with Crippen molar-refractivity contribution in [3.05, 3.63) is 36.0 Å². The zero-order chi connectivity index (χ0) is 19.5. The predicted octanol–water partition coefficient (Wildman–Crippen LogP) is 1.81. The molecule has 0 saturated carbocycles. The Morgan fingerprint density at radius 2 is 2.00 bits per heavy atom. The Labute approximate surface area is 163 Å². The summed E-state index contributed by atoms with van der Waals surface area (Å²) in [4.78, 5) is 29.3. The lowest BCUT2D eigenvalue weighted by atomic mass is 10.1. The van der Waals surface area contributed by atoms with Gasteiger partial charge in [-0.3, -0.25) is 9.59 Å². The quantitative estimate of drug-likeness (QED) is 0.798. The molecule has 0 spiro atoms. The highest BCUT2D eigenvalue weighted by Crippen LogP contribution is 2.27. The molecule has 1 aromatic heterocycles. The van der Waals surface area contributed by atoms with Crippen LogP contribution in [-0.2, 0) is 9.53 Å². The molecule has 2 aliphatic heterocycles. The Bertz CT molecular complexity index is 859. The van der Waals surface area contributed by atoms with Crippen molar-refractivity contribution in [2.24, 2.45) is 0 Å². The molecule has 8 heteroatoms. The zero-order valence-electron chi connectivity index (χ0n) is 15.8. The Balaban J connectivity index is 1.50. The van der Waals surface area contributed by atoms with E-state index in [-0.39, 0.29) is 17.5 Å². The third-order valence-corrected chi connectivity index (χ3v) is 5.21. The van der Waals surface area contributed by atoms with Crippen LogP contribution >= 0.6 is 0 Å². The molecule has 28 heavy (non-hydrogen) atoms. The molecular weight excluding hydrogens is 362 g/mol. The van der Waals surface area contributed by atoms with E-state index in [0.717, 1.165) is 12.0 Å². The van der Waals surface area contributed by atoms with Crippen LogP contribution < -0.4 is 4.74 Å². The first-order valence-corrected chi connectivity index (χ1v) is 9.46. The van der Waals surface area contributed by atoms with Crippen molar-refractivity contribution in [2.75, 3.05) is 40.0 Å². The number of rotatable bonds is 4. The minimum absolute atomic E-state index is 0.00864. The Morgan fingerprint density at radius 3 is 2.79 bits per heavy atom. The number of hydrogen-bond acceptors (Lipinski definition) is 6. The van der Waals surface area contributed by atoms with Crippen molar-refractivity contribution in [3.8, 4) is 17.1 Å². The van der Waals surface area contributed by atoms with Crippen LogP contribution in [0.25, 0.3) is 11.3 Å². The number of benzene rings is 1.